The first-order valence-electron chi connectivity index (χ1n) is 5.00. The van der Waals surface area contributed by atoms with E-state index in [4.69, 9.17) is 0 Å². The van der Waals surface area contributed by atoms with Crippen molar-refractivity contribution in [2.24, 2.45) is 0 Å². The third-order valence-electron chi connectivity index (χ3n) is 1.88. The summed E-state index contributed by atoms with van der Waals surface area (Å²) in [6, 6.07) is 4.12. The van der Waals surface area contributed by atoms with Crippen LogP contribution in [0, 0.1) is 15.0 Å². The zero-order valence-electron chi connectivity index (χ0n) is 9.74. The van der Waals surface area contributed by atoms with Crippen LogP contribution in [0.25, 0.3) is 0 Å². The second kappa shape index (κ2) is 5.02. The fourth-order valence-electron chi connectivity index (χ4n) is 1.10. The first kappa shape index (κ1) is 14.6. The molecule has 0 saturated carbocycles. The lowest BCUT2D eigenvalue weighted by Crippen LogP contribution is -2.16. The molecule has 0 atom stereocenters. The number of alkyl halides is 3. The number of benzene rings is 1. The molecule has 0 bridgehead atoms. The standard InChI is InChI=1S/C12H12F3ISi/c1-17(2,3)8-7-9-5-4-6-10(11(9)16)12(13,14)15/h4-6H,1-3H3. The maximum Gasteiger partial charge on any atom is 0.417 e. The quantitative estimate of drug-likeness (QED) is 0.358. The van der Waals surface area contributed by atoms with Crippen molar-refractivity contribution >= 4 is 30.7 Å². The average molecular weight is 368 g/mol. The Labute approximate surface area is 114 Å². The average Bonchev–Trinajstić information content (AvgIpc) is 2.13. The fourth-order valence-corrected chi connectivity index (χ4v) is 2.41. The van der Waals surface area contributed by atoms with Crippen LogP contribution in [-0.4, -0.2) is 8.07 Å². The minimum Gasteiger partial charge on any atom is -0.166 e. The van der Waals surface area contributed by atoms with Crippen LogP contribution in [0.5, 0.6) is 0 Å². The van der Waals surface area contributed by atoms with Gasteiger partial charge in [-0.3, -0.25) is 0 Å². The van der Waals surface area contributed by atoms with Crippen molar-refractivity contribution < 1.29 is 13.2 Å². The zero-order chi connectivity index (χ0) is 13.3. The zero-order valence-corrected chi connectivity index (χ0v) is 12.9. The Bertz CT molecular complexity index is 475. The van der Waals surface area contributed by atoms with E-state index in [9.17, 15) is 13.2 Å². The lowest BCUT2D eigenvalue weighted by Gasteiger charge is -2.10. The molecule has 0 saturated heterocycles. The van der Waals surface area contributed by atoms with Gasteiger partial charge in [-0.1, -0.05) is 31.6 Å². The van der Waals surface area contributed by atoms with Crippen LogP contribution in [0.4, 0.5) is 13.2 Å². The van der Waals surface area contributed by atoms with E-state index >= 15 is 0 Å². The van der Waals surface area contributed by atoms with E-state index in [0.717, 1.165) is 6.07 Å². The van der Waals surface area contributed by atoms with Gasteiger partial charge < -0.3 is 0 Å². The summed E-state index contributed by atoms with van der Waals surface area (Å²) in [5.74, 6) is 2.87. The predicted octanol–water partition coefficient (Wildman–Crippen LogP) is 4.54. The summed E-state index contributed by atoms with van der Waals surface area (Å²) in [4.78, 5) is 0. The van der Waals surface area contributed by atoms with Gasteiger partial charge in [-0.05, 0) is 34.7 Å². The highest BCUT2D eigenvalue weighted by molar-refractivity contribution is 14.1. The minimum atomic E-state index is -4.31. The maximum absolute atomic E-state index is 12.7. The maximum atomic E-state index is 12.7. The SMILES string of the molecule is C[Si](C)(C)C#Cc1cccc(C(F)(F)F)c1I. The van der Waals surface area contributed by atoms with Crippen LogP contribution in [0.1, 0.15) is 11.1 Å². The molecule has 0 N–H and O–H groups in total. The monoisotopic (exact) mass is 368 g/mol. The van der Waals surface area contributed by atoms with Gasteiger partial charge in [-0.25, -0.2) is 0 Å². The van der Waals surface area contributed by atoms with Gasteiger partial charge in [0.25, 0.3) is 0 Å². The molecule has 0 unspecified atom stereocenters. The molecular formula is C12H12F3ISi. The number of hydrogen-bond donors (Lipinski definition) is 0. The van der Waals surface area contributed by atoms with Crippen molar-refractivity contribution in [3.05, 3.63) is 32.9 Å². The second-order valence-electron chi connectivity index (χ2n) is 4.66. The molecule has 0 heterocycles. The van der Waals surface area contributed by atoms with Gasteiger partial charge in [-0.2, -0.15) is 13.2 Å². The summed E-state index contributed by atoms with van der Waals surface area (Å²) in [5, 5.41) is 0. The molecular weight excluding hydrogens is 356 g/mol. The molecule has 0 aliphatic carbocycles. The van der Waals surface area contributed by atoms with Gasteiger partial charge in [0.1, 0.15) is 8.07 Å². The van der Waals surface area contributed by atoms with Crippen LogP contribution in [0.3, 0.4) is 0 Å². The van der Waals surface area contributed by atoms with Gasteiger partial charge in [0.15, 0.2) is 0 Å². The Balaban J connectivity index is 3.24. The molecule has 0 spiro atoms. The molecule has 1 aromatic rings. The summed E-state index contributed by atoms with van der Waals surface area (Å²) in [5.41, 5.74) is 2.92. The number of rotatable bonds is 0. The van der Waals surface area contributed by atoms with Gasteiger partial charge in [-0.15, -0.1) is 5.54 Å². The largest absolute Gasteiger partial charge is 0.417 e. The van der Waals surface area contributed by atoms with Crippen molar-refractivity contribution in [3.63, 3.8) is 0 Å². The highest BCUT2D eigenvalue weighted by Crippen LogP contribution is 2.33. The van der Waals surface area contributed by atoms with Crippen molar-refractivity contribution in [1.82, 2.24) is 0 Å². The molecule has 0 aromatic heterocycles. The highest BCUT2D eigenvalue weighted by Gasteiger charge is 2.33. The molecule has 0 radical (unpaired) electrons. The molecule has 17 heavy (non-hydrogen) atoms. The number of hydrogen-bond acceptors (Lipinski definition) is 0. The first-order valence-corrected chi connectivity index (χ1v) is 9.58. The van der Waals surface area contributed by atoms with E-state index < -0.39 is 19.8 Å². The Morgan fingerprint density at radius 1 is 1.18 bits per heavy atom. The van der Waals surface area contributed by atoms with Gasteiger partial charge in [0.05, 0.1) is 5.56 Å². The van der Waals surface area contributed by atoms with E-state index in [2.05, 4.69) is 31.1 Å². The lowest BCUT2D eigenvalue weighted by molar-refractivity contribution is -0.138. The van der Waals surface area contributed by atoms with Crippen molar-refractivity contribution in [2.75, 3.05) is 0 Å². The molecule has 1 rings (SSSR count). The first-order chi connectivity index (χ1) is 7.61. The smallest absolute Gasteiger partial charge is 0.166 e. The minimum absolute atomic E-state index is 0.184. The van der Waals surface area contributed by atoms with Gasteiger partial charge in [0.2, 0.25) is 0 Å². The molecule has 0 fully saturated rings. The summed E-state index contributed by atoms with van der Waals surface area (Å²) in [6.45, 7) is 6.17. The molecule has 0 nitrogen and oxygen atoms in total. The summed E-state index contributed by atoms with van der Waals surface area (Å²) >= 11 is 1.71. The molecule has 0 amide bonds. The normalized spacial score (nSPS) is 11.9. The highest BCUT2D eigenvalue weighted by atomic mass is 127. The summed E-state index contributed by atoms with van der Waals surface area (Å²) in [7, 11) is -1.57. The van der Waals surface area contributed by atoms with E-state index in [0.29, 0.717) is 5.56 Å². The van der Waals surface area contributed by atoms with Crippen molar-refractivity contribution in [2.45, 2.75) is 25.8 Å². The topological polar surface area (TPSA) is 0 Å². The fraction of sp³-hybridized carbons (Fsp3) is 0.333. The predicted molar refractivity (Wildman–Crippen MR) is 74.4 cm³/mol. The Morgan fingerprint density at radius 3 is 2.24 bits per heavy atom. The Hall–Kier alpha value is -0.483. The summed E-state index contributed by atoms with van der Waals surface area (Å²) < 4.78 is 38.2. The van der Waals surface area contributed by atoms with Crippen LogP contribution in [0.2, 0.25) is 19.6 Å². The summed E-state index contributed by atoms with van der Waals surface area (Å²) in [6.07, 6.45) is -4.31. The van der Waals surface area contributed by atoms with Crippen LogP contribution >= 0.6 is 22.6 Å². The molecule has 0 aliphatic rings. The second-order valence-corrected chi connectivity index (χ2v) is 10.5. The van der Waals surface area contributed by atoms with Gasteiger partial charge in [0, 0.05) is 9.13 Å². The van der Waals surface area contributed by atoms with Crippen LogP contribution in [-0.2, 0) is 6.18 Å². The van der Waals surface area contributed by atoms with E-state index in [-0.39, 0.29) is 3.57 Å². The third kappa shape index (κ3) is 4.35. The van der Waals surface area contributed by atoms with Crippen LogP contribution < -0.4 is 0 Å². The Kier molecular flexibility index (Phi) is 4.31. The van der Waals surface area contributed by atoms with E-state index in [1.807, 2.05) is 0 Å². The van der Waals surface area contributed by atoms with Crippen LogP contribution in [0.15, 0.2) is 18.2 Å². The van der Waals surface area contributed by atoms with E-state index in [1.165, 1.54) is 6.07 Å². The molecule has 1 aromatic carbocycles. The van der Waals surface area contributed by atoms with E-state index in [1.54, 1.807) is 28.7 Å². The lowest BCUT2D eigenvalue weighted by atomic mass is 10.1. The number of halogens is 4. The molecule has 92 valence electrons. The third-order valence-corrected chi connectivity index (χ3v) is 3.91. The molecule has 0 aliphatic heterocycles. The Morgan fingerprint density at radius 2 is 1.76 bits per heavy atom. The van der Waals surface area contributed by atoms with Gasteiger partial charge >= 0.3 is 6.18 Å². The van der Waals surface area contributed by atoms with Crippen molar-refractivity contribution in [3.8, 4) is 11.5 Å². The van der Waals surface area contributed by atoms with Crippen molar-refractivity contribution in [1.29, 1.82) is 0 Å². The molecule has 5 heteroatoms.